The molecular formula is C15H17N3O5. The number of carbonyl (C=O) groups is 3. The van der Waals surface area contributed by atoms with Crippen LogP contribution >= 0.6 is 0 Å². The quantitative estimate of drug-likeness (QED) is 0.713. The Morgan fingerprint density at radius 1 is 1.13 bits per heavy atom. The van der Waals surface area contributed by atoms with Gasteiger partial charge in [0, 0.05) is 13.0 Å². The second kappa shape index (κ2) is 7.30. The van der Waals surface area contributed by atoms with Crippen LogP contribution in [0.25, 0.3) is 0 Å². The van der Waals surface area contributed by atoms with Crippen molar-refractivity contribution in [1.82, 2.24) is 16.2 Å². The fraction of sp³-hybridized carbons (Fsp3) is 0.267. The lowest BCUT2D eigenvalue weighted by atomic mass is 10.2. The van der Waals surface area contributed by atoms with Gasteiger partial charge in [-0.25, -0.2) is 0 Å². The van der Waals surface area contributed by atoms with Crippen molar-refractivity contribution < 1.29 is 23.2 Å². The highest BCUT2D eigenvalue weighted by molar-refractivity contribution is 5.96. The van der Waals surface area contributed by atoms with E-state index in [1.807, 2.05) is 0 Å². The van der Waals surface area contributed by atoms with Crippen molar-refractivity contribution in [2.24, 2.45) is 0 Å². The minimum atomic E-state index is -0.465. The Morgan fingerprint density at radius 2 is 1.91 bits per heavy atom. The second-order valence-corrected chi connectivity index (χ2v) is 4.81. The van der Waals surface area contributed by atoms with Crippen LogP contribution in [0, 0.1) is 13.8 Å². The summed E-state index contributed by atoms with van der Waals surface area (Å²) in [5, 5.41) is 2.53. The van der Waals surface area contributed by atoms with E-state index in [0.717, 1.165) is 0 Å². The molecule has 0 atom stereocenters. The molecule has 0 saturated carbocycles. The molecule has 0 aromatic carbocycles. The Kier molecular flexibility index (Phi) is 5.19. The maximum Gasteiger partial charge on any atom is 0.286 e. The standard InChI is InChI=1S/C15H17N3O5/c1-9-8-11(10(2)23-9)14(20)18-17-13(19)5-6-16-15(21)12-4-3-7-22-12/h3-4,7-8H,5-6H2,1-2H3,(H,16,21)(H,17,19)(H,18,20). The van der Waals surface area contributed by atoms with E-state index in [1.165, 1.54) is 12.3 Å². The number of hydrogen-bond acceptors (Lipinski definition) is 5. The number of nitrogens with one attached hydrogen (secondary N) is 3. The van der Waals surface area contributed by atoms with Crippen LogP contribution in [0.5, 0.6) is 0 Å². The Balaban J connectivity index is 1.70. The second-order valence-electron chi connectivity index (χ2n) is 4.81. The predicted molar refractivity (Wildman–Crippen MR) is 79.4 cm³/mol. The van der Waals surface area contributed by atoms with Gasteiger partial charge in [0.1, 0.15) is 11.5 Å². The van der Waals surface area contributed by atoms with Crippen molar-refractivity contribution in [3.05, 3.63) is 47.3 Å². The van der Waals surface area contributed by atoms with Crippen LogP contribution in [0.2, 0.25) is 0 Å². The van der Waals surface area contributed by atoms with Crippen LogP contribution in [0.4, 0.5) is 0 Å². The van der Waals surface area contributed by atoms with E-state index in [4.69, 9.17) is 8.83 Å². The first-order chi connectivity index (χ1) is 11.0. The van der Waals surface area contributed by atoms with Crippen molar-refractivity contribution in [3.63, 3.8) is 0 Å². The molecule has 2 heterocycles. The highest BCUT2D eigenvalue weighted by atomic mass is 16.3. The summed E-state index contributed by atoms with van der Waals surface area (Å²) in [5.74, 6) is -0.0521. The van der Waals surface area contributed by atoms with Crippen molar-refractivity contribution in [3.8, 4) is 0 Å². The number of carbonyl (C=O) groups excluding carboxylic acids is 3. The number of hydrogen-bond donors (Lipinski definition) is 3. The molecule has 0 aliphatic heterocycles. The van der Waals surface area contributed by atoms with Crippen molar-refractivity contribution >= 4 is 17.7 Å². The Bertz CT molecular complexity index is 703. The summed E-state index contributed by atoms with van der Waals surface area (Å²) in [4.78, 5) is 35.0. The van der Waals surface area contributed by atoms with Gasteiger partial charge in [-0.2, -0.15) is 0 Å². The fourth-order valence-electron chi connectivity index (χ4n) is 1.90. The zero-order chi connectivity index (χ0) is 16.8. The summed E-state index contributed by atoms with van der Waals surface area (Å²) < 4.78 is 10.2. The van der Waals surface area contributed by atoms with Crippen LogP contribution in [0.1, 0.15) is 38.9 Å². The van der Waals surface area contributed by atoms with Crippen molar-refractivity contribution in [2.45, 2.75) is 20.3 Å². The summed E-state index contributed by atoms with van der Waals surface area (Å²) in [5.41, 5.74) is 4.92. The summed E-state index contributed by atoms with van der Waals surface area (Å²) in [6, 6.07) is 4.70. The summed E-state index contributed by atoms with van der Waals surface area (Å²) in [6.07, 6.45) is 1.40. The topological polar surface area (TPSA) is 114 Å². The van der Waals surface area contributed by atoms with Gasteiger partial charge in [0.2, 0.25) is 5.91 Å². The van der Waals surface area contributed by atoms with Gasteiger partial charge in [0.25, 0.3) is 11.8 Å². The Labute approximate surface area is 132 Å². The van der Waals surface area contributed by atoms with Crippen LogP contribution < -0.4 is 16.2 Å². The van der Waals surface area contributed by atoms with Gasteiger partial charge in [-0.15, -0.1) is 0 Å². The fourth-order valence-corrected chi connectivity index (χ4v) is 1.90. The zero-order valence-electron chi connectivity index (χ0n) is 12.8. The minimum absolute atomic E-state index is 0.0100. The van der Waals surface area contributed by atoms with Crippen molar-refractivity contribution in [2.75, 3.05) is 6.54 Å². The molecule has 8 heteroatoms. The SMILES string of the molecule is Cc1cc(C(=O)NNC(=O)CCNC(=O)c2ccco2)c(C)o1. The monoisotopic (exact) mass is 319 g/mol. The lowest BCUT2D eigenvalue weighted by molar-refractivity contribution is -0.121. The van der Waals surface area contributed by atoms with Gasteiger partial charge >= 0.3 is 0 Å². The van der Waals surface area contributed by atoms with Gasteiger partial charge in [-0.1, -0.05) is 0 Å². The van der Waals surface area contributed by atoms with Gasteiger partial charge < -0.3 is 14.2 Å². The molecule has 0 bridgehead atoms. The number of rotatable bonds is 5. The molecule has 2 rings (SSSR count). The first kappa shape index (κ1) is 16.3. The highest BCUT2D eigenvalue weighted by Crippen LogP contribution is 2.12. The third-order valence-electron chi connectivity index (χ3n) is 2.98. The maximum absolute atomic E-state index is 11.9. The van der Waals surface area contributed by atoms with Crippen molar-refractivity contribution in [1.29, 1.82) is 0 Å². The highest BCUT2D eigenvalue weighted by Gasteiger charge is 2.14. The lowest BCUT2D eigenvalue weighted by Gasteiger charge is -2.07. The van der Waals surface area contributed by atoms with E-state index in [0.29, 0.717) is 17.1 Å². The van der Waals surface area contributed by atoms with Crippen LogP contribution in [-0.4, -0.2) is 24.3 Å². The average molecular weight is 319 g/mol. The molecule has 3 N–H and O–H groups in total. The molecule has 0 fully saturated rings. The minimum Gasteiger partial charge on any atom is -0.466 e. The molecule has 0 saturated heterocycles. The maximum atomic E-state index is 11.9. The average Bonchev–Trinajstić information content (AvgIpc) is 3.14. The molecule has 23 heavy (non-hydrogen) atoms. The summed E-state index contributed by atoms with van der Waals surface area (Å²) in [6.45, 7) is 3.50. The zero-order valence-corrected chi connectivity index (χ0v) is 12.8. The van der Waals surface area contributed by atoms with Crippen LogP contribution in [0.3, 0.4) is 0 Å². The molecule has 2 aromatic rings. The first-order valence-electron chi connectivity index (χ1n) is 6.95. The van der Waals surface area contributed by atoms with Gasteiger partial charge in [-0.3, -0.25) is 25.2 Å². The van der Waals surface area contributed by atoms with E-state index in [9.17, 15) is 14.4 Å². The summed E-state index contributed by atoms with van der Waals surface area (Å²) >= 11 is 0. The molecule has 8 nitrogen and oxygen atoms in total. The van der Waals surface area contributed by atoms with E-state index < -0.39 is 17.7 Å². The number of hydrazine groups is 1. The molecule has 0 aliphatic carbocycles. The van der Waals surface area contributed by atoms with Crippen LogP contribution in [-0.2, 0) is 4.79 Å². The van der Waals surface area contributed by atoms with Crippen LogP contribution in [0.15, 0.2) is 33.3 Å². The molecule has 0 spiro atoms. The number of aryl methyl sites for hydroxylation is 2. The molecular weight excluding hydrogens is 302 g/mol. The van der Waals surface area contributed by atoms with Gasteiger partial charge in [0.15, 0.2) is 5.76 Å². The first-order valence-corrected chi connectivity index (χ1v) is 6.95. The Morgan fingerprint density at radius 3 is 2.52 bits per heavy atom. The molecule has 122 valence electrons. The smallest absolute Gasteiger partial charge is 0.286 e. The molecule has 3 amide bonds. The van der Waals surface area contributed by atoms with Gasteiger partial charge in [0.05, 0.1) is 11.8 Å². The Hall–Kier alpha value is -3.03. The predicted octanol–water partition coefficient (Wildman–Crippen LogP) is 1.07. The van der Waals surface area contributed by atoms with E-state index in [1.54, 1.807) is 26.0 Å². The third-order valence-corrected chi connectivity index (χ3v) is 2.98. The molecule has 2 aromatic heterocycles. The molecule has 0 unspecified atom stereocenters. The lowest BCUT2D eigenvalue weighted by Crippen LogP contribution is -2.42. The van der Waals surface area contributed by atoms with E-state index in [-0.39, 0.29) is 18.7 Å². The largest absolute Gasteiger partial charge is 0.466 e. The number of furan rings is 2. The van der Waals surface area contributed by atoms with E-state index in [2.05, 4.69) is 16.2 Å². The normalized spacial score (nSPS) is 10.2. The third kappa shape index (κ3) is 4.47. The summed E-state index contributed by atoms with van der Waals surface area (Å²) in [7, 11) is 0. The van der Waals surface area contributed by atoms with Gasteiger partial charge in [-0.05, 0) is 32.0 Å². The number of amides is 3. The van der Waals surface area contributed by atoms with E-state index >= 15 is 0 Å². The molecule has 0 aliphatic rings. The molecule has 0 radical (unpaired) electrons.